The van der Waals surface area contributed by atoms with Gasteiger partial charge in [0.1, 0.15) is 0 Å². The molecule has 0 unspecified atom stereocenters. The Labute approximate surface area is 62.8 Å². The molecule has 0 amide bonds. The van der Waals surface area contributed by atoms with Gasteiger partial charge in [0.2, 0.25) is 0 Å². The monoisotopic (exact) mass is 156 g/mol. The van der Waals surface area contributed by atoms with Gasteiger partial charge in [-0.25, -0.2) is 0 Å². The SMILES string of the molecule is O=C(O)[C@@H]1[C@@H](C(=O)O)C12CC2. The standard InChI is InChI=1S/C7H8O4/c8-5(9)3-4(6(10)11)7(3)1-2-7/h3-4H,1-2H2,(H,8,9)(H,10,11)/t3-,4-/m0/s1. The van der Waals surface area contributed by atoms with Crippen molar-refractivity contribution in [2.45, 2.75) is 12.8 Å². The fraction of sp³-hybridized carbons (Fsp3) is 0.714. The summed E-state index contributed by atoms with van der Waals surface area (Å²) in [7, 11) is 0. The highest BCUT2D eigenvalue weighted by atomic mass is 16.4. The van der Waals surface area contributed by atoms with Crippen molar-refractivity contribution in [3.63, 3.8) is 0 Å². The molecular weight excluding hydrogens is 148 g/mol. The first-order valence-corrected chi connectivity index (χ1v) is 3.55. The van der Waals surface area contributed by atoms with Crippen molar-refractivity contribution in [2.75, 3.05) is 0 Å². The Morgan fingerprint density at radius 2 is 1.45 bits per heavy atom. The molecule has 1 spiro atoms. The first-order chi connectivity index (χ1) is 5.09. The molecule has 11 heavy (non-hydrogen) atoms. The van der Waals surface area contributed by atoms with Gasteiger partial charge in [0.25, 0.3) is 0 Å². The molecule has 0 aromatic carbocycles. The Morgan fingerprint density at radius 1 is 1.09 bits per heavy atom. The highest BCUT2D eigenvalue weighted by molar-refractivity contribution is 5.89. The van der Waals surface area contributed by atoms with Gasteiger partial charge in [0, 0.05) is 0 Å². The molecule has 2 N–H and O–H groups in total. The highest BCUT2D eigenvalue weighted by Gasteiger charge is 2.78. The molecule has 2 saturated carbocycles. The Morgan fingerprint density at radius 3 is 1.55 bits per heavy atom. The van der Waals surface area contributed by atoms with Crippen LogP contribution in [0.25, 0.3) is 0 Å². The van der Waals surface area contributed by atoms with Crippen LogP contribution in [0.15, 0.2) is 0 Å². The van der Waals surface area contributed by atoms with Gasteiger partial charge in [-0.3, -0.25) is 9.59 Å². The minimum atomic E-state index is -0.949. The molecule has 0 heterocycles. The number of carboxylic acids is 2. The van der Waals surface area contributed by atoms with E-state index in [1.807, 2.05) is 0 Å². The summed E-state index contributed by atoms with van der Waals surface area (Å²) in [4.78, 5) is 20.9. The molecule has 0 aromatic heterocycles. The van der Waals surface area contributed by atoms with E-state index in [1.165, 1.54) is 0 Å². The van der Waals surface area contributed by atoms with E-state index in [0.29, 0.717) is 0 Å². The molecule has 2 aliphatic rings. The second-order valence-electron chi connectivity index (χ2n) is 3.36. The fourth-order valence-electron chi connectivity index (χ4n) is 2.03. The van der Waals surface area contributed by atoms with E-state index in [1.54, 1.807) is 0 Å². The third-order valence-corrected chi connectivity index (χ3v) is 2.82. The maximum absolute atomic E-state index is 10.5. The van der Waals surface area contributed by atoms with Crippen molar-refractivity contribution in [3.8, 4) is 0 Å². The van der Waals surface area contributed by atoms with Crippen LogP contribution in [0.5, 0.6) is 0 Å². The lowest BCUT2D eigenvalue weighted by Crippen LogP contribution is -2.05. The third kappa shape index (κ3) is 0.640. The maximum atomic E-state index is 10.5. The molecule has 0 aliphatic heterocycles. The van der Waals surface area contributed by atoms with Crippen molar-refractivity contribution < 1.29 is 19.8 Å². The van der Waals surface area contributed by atoms with E-state index in [9.17, 15) is 9.59 Å². The van der Waals surface area contributed by atoms with E-state index in [-0.39, 0.29) is 5.41 Å². The average molecular weight is 156 g/mol. The molecular formula is C7H8O4. The summed E-state index contributed by atoms with van der Waals surface area (Å²) in [6.45, 7) is 0. The van der Waals surface area contributed by atoms with Crippen LogP contribution in [0.1, 0.15) is 12.8 Å². The maximum Gasteiger partial charge on any atom is 0.307 e. The average Bonchev–Trinajstić information content (AvgIpc) is 2.71. The summed E-state index contributed by atoms with van der Waals surface area (Å²) < 4.78 is 0. The van der Waals surface area contributed by atoms with Gasteiger partial charge in [-0.2, -0.15) is 0 Å². The zero-order valence-corrected chi connectivity index (χ0v) is 5.78. The van der Waals surface area contributed by atoms with Crippen molar-refractivity contribution in [2.24, 2.45) is 17.3 Å². The van der Waals surface area contributed by atoms with Crippen LogP contribution >= 0.6 is 0 Å². The summed E-state index contributed by atoms with van der Waals surface area (Å²) in [6.07, 6.45) is 1.56. The molecule has 4 nitrogen and oxygen atoms in total. The zero-order chi connectivity index (χ0) is 8.22. The van der Waals surface area contributed by atoms with E-state index < -0.39 is 23.8 Å². The normalized spacial score (nSPS) is 36.7. The predicted octanol–water partition coefficient (Wildman–Crippen LogP) is 0.182. The minimum absolute atomic E-state index is 0.322. The second kappa shape index (κ2) is 1.57. The molecule has 0 aromatic rings. The lowest BCUT2D eigenvalue weighted by molar-refractivity contribution is -0.144. The summed E-state index contributed by atoms with van der Waals surface area (Å²) in [6, 6.07) is 0. The molecule has 2 fully saturated rings. The van der Waals surface area contributed by atoms with Gasteiger partial charge < -0.3 is 10.2 Å². The Bertz CT molecular complexity index is 219. The molecule has 60 valence electrons. The molecule has 0 bridgehead atoms. The molecule has 0 radical (unpaired) electrons. The fourth-order valence-corrected chi connectivity index (χ4v) is 2.03. The predicted molar refractivity (Wildman–Crippen MR) is 33.9 cm³/mol. The number of hydrogen-bond donors (Lipinski definition) is 2. The Balaban J connectivity index is 2.16. The quantitative estimate of drug-likeness (QED) is 0.598. The van der Waals surface area contributed by atoms with E-state index in [4.69, 9.17) is 10.2 Å². The topological polar surface area (TPSA) is 74.6 Å². The van der Waals surface area contributed by atoms with Crippen LogP contribution in [-0.4, -0.2) is 22.2 Å². The van der Waals surface area contributed by atoms with Gasteiger partial charge in [-0.1, -0.05) is 0 Å². The molecule has 2 atom stereocenters. The number of rotatable bonds is 2. The van der Waals surface area contributed by atoms with Crippen LogP contribution in [0.2, 0.25) is 0 Å². The van der Waals surface area contributed by atoms with Crippen LogP contribution in [0.4, 0.5) is 0 Å². The second-order valence-corrected chi connectivity index (χ2v) is 3.36. The summed E-state index contributed by atoms with van der Waals surface area (Å²) in [5.74, 6) is -3.09. The van der Waals surface area contributed by atoms with E-state index in [2.05, 4.69) is 0 Å². The van der Waals surface area contributed by atoms with Gasteiger partial charge in [-0.05, 0) is 18.3 Å². The van der Waals surface area contributed by atoms with Crippen molar-refractivity contribution in [3.05, 3.63) is 0 Å². The largest absolute Gasteiger partial charge is 0.481 e. The number of hydrogen-bond acceptors (Lipinski definition) is 2. The smallest absolute Gasteiger partial charge is 0.307 e. The van der Waals surface area contributed by atoms with Crippen LogP contribution in [0.3, 0.4) is 0 Å². The zero-order valence-electron chi connectivity index (χ0n) is 5.78. The van der Waals surface area contributed by atoms with E-state index >= 15 is 0 Å². The molecule has 2 aliphatic carbocycles. The van der Waals surface area contributed by atoms with Crippen molar-refractivity contribution in [1.82, 2.24) is 0 Å². The van der Waals surface area contributed by atoms with Crippen LogP contribution < -0.4 is 0 Å². The van der Waals surface area contributed by atoms with Gasteiger partial charge >= 0.3 is 11.9 Å². The lowest BCUT2D eigenvalue weighted by Gasteiger charge is -1.84. The minimum Gasteiger partial charge on any atom is -0.481 e. The first-order valence-electron chi connectivity index (χ1n) is 3.55. The molecule has 2 rings (SSSR count). The summed E-state index contributed by atoms with van der Waals surface area (Å²) in [5.41, 5.74) is -0.322. The van der Waals surface area contributed by atoms with Gasteiger partial charge in [0.05, 0.1) is 11.8 Å². The first kappa shape index (κ1) is 6.64. The number of carboxylic acid groups (broad SMARTS) is 2. The highest BCUT2D eigenvalue weighted by Crippen LogP contribution is 2.74. The van der Waals surface area contributed by atoms with Crippen LogP contribution in [-0.2, 0) is 9.59 Å². The molecule has 0 saturated heterocycles. The van der Waals surface area contributed by atoms with E-state index in [0.717, 1.165) is 12.8 Å². The summed E-state index contributed by atoms with van der Waals surface area (Å²) in [5, 5.41) is 17.2. The number of aliphatic carboxylic acids is 2. The third-order valence-electron chi connectivity index (χ3n) is 2.82. The van der Waals surface area contributed by atoms with Crippen molar-refractivity contribution in [1.29, 1.82) is 0 Å². The lowest BCUT2D eigenvalue weighted by atomic mass is 10.3. The summed E-state index contributed by atoms with van der Waals surface area (Å²) >= 11 is 0. The molecule has 4 heteroatoms. The van der Waals surface area contributed by atoms with Crippen molar-refractivity contribution >= 4 is 11.9 Å². The van der Waals surface area contributed by atoms with Crippen LogP contribution in [0, 0.1) is 17.3 Å². The van der Waals surface area contributed by atoms with Gasteiger partial charge in [0.15, 0.2) is 0 Å². The van der Waals surface area contributed by atoms with Gasteiger partial charge in [-0.15, -0.1) is 0 Å². The number of carbonyl (C=O) groups is 2. The Hall–Kier alpha value is -1.06. The Kier molecular flexibility index (Phi) is 0.948.